The zero-order chi connectivity index (χ0) is 10.4. The van der Waals surface area contributed by atoms with Gasteiger partial charge in [-0.25, -0.2) is 0 Å². The van der Waals surface area contributed by atoms with E-state index in [-0.39, 0.29) is 5.96 Å². The number of ether oxygens (including phenoxy) is 1. The lowest BCUT2D eigenvalue weighted by atomic mass is 10.2. The van der Waals surface area contributed by atoms with Gasteiger partial charge in [-0.2, -0.15) is 0 Å². The molecular formula is C9H13N4O+. The predicted octanol–water partition coefficient (Wildman–Crippen LogP) is -1.62. The summed E-state index contributed by atoms with van der Waals surface area (Å²) in [5.74, 6) is 0.773. The Hall–Kier alpha value is -2.04. The number of hydrogen-bond donors (Lipinski definition) is 3. The summed E-state index contributed by atoms with van der Waals surface area (Å²) >= 11 is 0. The van der Waals surface area contributed by atoms with Gasteiger partial charge < -0.3 is 16.2 Å². The van der Waals surface area contributed by atoms with E-state index in [1.807, 2.05) is 24.3 Å². The van der Waals surface area contributed by atoms with Crippen molar-refractivity contribution in [1.82, 2.24) is 0 Å². The molecule has 0 saturated carbocycles. The fourth-order valence-electron chi connectivity index (χ4n) is 0.913. The summed E-state index contributed by atoms with van der Waals surface area (Å²) in [5, 5.41) is 6.21. The van der Waals surface area contributed by atoms with Crippen molar-refractivity contribution in [3.05, 3.63) is 29.8 Å². The van der Waals surface area contributed by atoms with Crippen molar-refractivity contribution < 1.29 is 9.84 Å². The molecule has 0 aliphatic heterocycles. The molecule has 0 spiro atoms. The van der Waals surface area contributed by atoms with Crippen molar-refractivity contribution in [3.63, 3.8) is 0 Å². The molecule has 5 heteroatoms. The number of nitrogens with one attached hydrogen (secondary N) is 1. The maximum atomic E-state index is 5.13. The highest BCUT2D eigenvalue weighted by Crippen LogP contribution is 2.09. The van der Waals surface area contributed by atoms with Crippen molar-refractivity contribution >= 4 is 12.2 Å². The first-order chi connectivity index (χ1) is 6.72. The van der Waals surface area contributed by atoms with E-state index in [0.717, 1.165) is 11.3 Å². The molecule has 0 heterocycles. The number of nitrogens with two attached hydrogens (primary N) is 2. The van der Waals surface area contributed by atoms with Gasteiger partial charge in [0.15, 0.2) is 0 Å². The van der Waals surface area contributed by atoms with Crippen LogP contribution in [-0.2, 0) is 0 Å². The first-order valence-electron chi connectivity index (χ1n) is 4.04. The van der Waals surface area contributed by atoms with Crippen LogP contribution in [-0.4, -0.2) is 19.3 Å². The molecule has 0 unspecified atom stereocenters. The summed E-state index contributed by atoms with van der Waals surface area (Å²) in [6, 6.07) is 7.49. The molecule has 1 aromatic rings. The average molecular weight is 193 g/mol. The quantitative estimate of drug-likeness (QED) is 0.306. The fraction of sp³-hybridized carbons (Fsp3) is 0.111. The molecule has 5 nitrogen and oxygen atoms in total. The summed E-state index contributed by atoms with van der Waals surface area (Å²) in [6.07, 6.45) is 1.67. The van der Waals surface area contributed by atoms with Crippen LogP contribution in [0.5, 0.6) is 5.75 Å². The van der Waals surface area contributed by atoms with Crippen molar-refractivity contribution in [1.29, 1.82) is 0 Å². The number of rotatable bonds is 3. The van der Waals surface area contributed by atoms with Crippen molar-refractivity contribution in [2.45, 2.75) is 0 Å². The summed E-state index contributed by atoms with van der Waals surface area (Å²) in [4.78, 5) is 0. The van der Waals surface area contributed by atoms with E-state index in [0.29, 0.717) is 0 Å². The van der Waals surface area contributed by atoms with Gasteiger partial charge in [0, 0.05) is 10.7 Å². The average Bonchev–Trinajstić information content (AvgIpc) is 2.18. The Bertz CT molecular complexity index is 356. The maximum Gasteiger partial charge on any atom is 0.256 e. The molecule has 0 fully saturated rings. The Balaban J connectivity index is 2.76. The van der Waals surface area contributed by atoms with Crippen LogP contribution in [0.25, 0.3) is 0 Å². The highest BCUT2D eigenvalue weighted by Gasteiger charge is 1.94. The lowest BCUT2D eigenvalue weighted by Crippen LogP contribution is -2.63. The van der Waals surface area contributed by atoms with E-state index in [2.05, 4.69) is 10.2 Å². The highest BCUT2D eigenvalue weighted by molar-refractivity contribution is 5.77. The lowest BCUT2D eigenvalue weighted by Gasteiger charge is -1.97. The van der Waals surface area contributed by atoms with Crippen LogP contribution in [0.2, 0.25) is 0 Å². The third kappa shape index (κ3) is 3.14. The van der Waals surface area contributed by atoms with E-state index in [9.17, 15) is 0 Å². The van der Waals surface area contributed by atoms with Gasteiger partial charge in [0.05, 0.1) is 7.11 Å². The van der Waals surface area contributed by atoms with E-state index in [1.165, 1.54) is 0 Å². The Morgan fingerprint density at radius 1 is 1.50 bits per heavy atom. The minimum absolute atomic E-state index is 0.0100. The van der Waals surface area contributed by atoms with Gasteiger partial charge in [-0.15, -0.1) is 5.10 Å². The van der Waals surface area contributed by atoms with Gasteiger partial charge in [0.25, 0.3) is 5.96 Å². The van der Waals surface area contributed by atoms with Crippen LogP contribution in [0.1, 0.15) is 5.56 Å². The molecule has 1 aromatic carbocycles. The molecule has 0 aromatic heterocycles. The molecule has 0 saturated heterocycles. The number of guanidine groups is 1. The van der Waals surface area contributed by atoms with Crippen LogP contribution in [0.15, 0.2) is 29.4 Å². The van der Waals surface area contributed by atoms with Crippen LogP contribution >= 0.6 is 0 Å². The van der Waals surface area contributed by atoms with Gasteiger partial charge in [-0.05, 0) is 18.2 Å². The first kappa shape index (κ1) is 10.0. The number of hydrazone groups is 1. The Labute approximate surface area is 82.1 Å². The van der Waals surface area contributed by atoms with E-state index in [1.54, 1.807) is 13.3 Å². The Kier molecular flexibility index (Phi) is 3.49. The summed E-state index contributed by atoms with van der Waals surface area (Å²) in [5.41, 5.74) is 11.2. The molecule has 0 amide bonds. The third-order valence-corrected chi connectivity index (χ3v) is 1.52. The normalized spacial score (nSPS) is 10.1. The Morgan fingerprint density at radius 3 is 2.93 bits per heavy atom. The second-order valence-corrected chi connectivity index (χ2v) is 2.59. The number of nitrogens with zero attached hydrogens (tertiary/aromatic N) is 1. The lowest BCUT2D eigenvalue weighted by molar-refractivity contribution is -0.456. The van der Waals surface area contributed by atoms with Crippen molar-refractivity contribution in [2.75, 3.05) is 7.11 Å². The highest BCUT2D eigenvalue weighted by atomic mass is 16.5. The smallest absolute Gasteiger partial charge is 0.256 e. The van der Waals surface area contributed by atoms with Crippen molar-refractivity contribution in [2.24, 2.45) is 16.6 Å². The third-order valence-electron chi connectivity index (χ3n) is 1.52. The van der Waals surface area contributed by atoms with Crippen LogP contribution in [0.3, 0.4) is 0 Å². The number of benzene rings is 1. The molecule has 0 aliphatic rings. The van der Waals surface area contributed by atoms with E-state index >= 15 is 0 Å². The second-order valence-electron chi connectivity index (χ2n) is 2.59. The minimum atomic E-state index is -0.0100. The molecule has 14 heavy (non-hydrogen) atoms. The summed E-state index contributed by atoms with van der Waals surface area (Å²) in [6.45, 7) is 0. The number of methoxy groups -OCH3 is 1. The van der Waals surface area contributed by atoms with Gasteiger partial charge in [0.2, 0.25) is 6.21 Å². The van der Waals surface area contributed by atoms with E-state index in [4.69, 9.17) is 16.2 Å². The van der Waals surface area contributed by atoms with Gasteiger partial charge in [-0.1, -0.05) is 6.07 Å². The minimum Gasteiger partial charge on any atom is -0.497 e. The molecule has 0 bridgehead atoms. The van der Waals surface area contributed by atoms with Gasteiger partial charge in [0.1, 0.15) is 5.75 Å². The molecule has 1 rings (SSSR count). The molecule has 0 aliphatic carbocycles. The maximum absolute atomic E-state index is 5.13. The molecule has 74 valence electrons. The second kappa shape index (κ2) is 4.86. The van der Waals surface area contributed by atoms with Gasteiger partial charge in [-0.3, -0.25) is 0 Å². The monoisotopic (exact) mass is 193 g/mol. The summed E-state index contributed by atoms with van der Waals surface area (Å²) < 4.78 is 5.05. The Morgan fingerprint density at radius 2 is 2.29 bits per heavy atom. The van der Waals surface area contributed by atoms with Crippen LogP contribution in [0.4, 0.5) is 0 Å². The standard InChI is InChI=1S/C9H12N4O/c1-14-8-4-2-3-7(5-8)6-12-13-9(10)11/h2-6H,1H3,(H4,10,11,13)/p+1/b12-6-. The zero-order valence-electron chi connectivity index (χ0n) is 7.90. The largest absolute Gasteiger partial charge is 0.497 e. The number of hydrogen-bond acceptors (Lipinski definition) is 2. The summed E-state index contributed by atoms with van der Waals surface area (Å²) in [7, 11) is 1.61. The topological polar surface area (TPSA) is 87.6 Å². The first-order valence-corrected chi connectivity index (χ1v) is 4.04. The molecule has 0 atom stereocenters. The fourth-order valence-corrected chi connectivity index (χ4v) is 0.913. The zero-order valence-corrected chi connectivity index (χ0v) is 7.90. The molecule has 0 radical (unpaired) electrons. The van der Waals surface area contributed by atoms with Crippen LogP contribution < -0.4 is 21.3 Å². The molecule has 5 N–H and O–H groups in total. The van der Waals surface area contributed by atoms with Crippen molar-refractivity contribution in [3.8, 4) is 5.75 Å². The predicted molar refractivity (Wildman–Crippen MR) is 54.9 cm³/mol. The molecular weight excluding hydrogens is 180 g/mol. The van der Waals surface area contributed by atoms with Crippen LogP contribution in [0, 0.1) is 0 Å². The van der Waals surface area contributed by atoms with E-state index < -0.39 is 0 Å². The van der Waals surface area contributed by atoms with Gasteiger partial charge >= 0.3 is 0 Å². The SMILES string of the molecule is COc1cccc(/C=[NH+]\N=C(N)N)c1.